The molecule has 0 spiro atoms. The lowest BCUT2D eigenvalue weighted by Gasteiger charge is -2.08. The molecule has 0 aromatic heterocycles. The maximum atomic E-state index is 6.06. The summed E-state index contributed by atoms with van der Waals surface area (Å²) in [5.41, 5.74) is 0. The van der Waals surface area contributed by atoms with Gasteiger partial charge in [0.25, 0.3) is 0 Å². The Morgan fingerprint density at radius 1 is 1.31 bits per heavy atom. The van der Waals surface area contributed by atoms with E-state index in [2.05, 4.69) is 19.2 Å². The molecule has 1 aromatic rings. The Balaban J connectivity index is 2.29. The summed E-state index contributed by atoms with van der Waals surface area (Å²) in [7, 11) is 0. The third kappa shape index (κ3) is 5.44. The van der Waals surface area contributed by atoms with E-state index in [1.165, 1.54) is 0 Å². The van der Waals surface area contributed by atoms with Crippen molar-refractivity contribution in [3.8, 4) is 0 Å². The van der Waals surface area contributed by atoms with Crippen molar-refractivity contribution >= 4 is 35.0 Å². The molecule has 0 atom stereocenters. The predicted octanol–water partition coefficient (Wildman–Crippen LogP) is 4.47. The van der Waals surface area contributed by atoms with E-state index in [1.807, 2.05) is 18.2 Å². The summed E-state index contributed by atoms with van der Waals surface area (Å²) in [6.45, 7) is 5.35. The molecule has 1 rings (SSSR count). The third-order valence-corrected chi connectivity index (χ3v) is 3.84. The van der Waals surface area contributed by atoms with Crippen LogP contribution in [0.25, 0.3) is 0 Å². The first kappa shape index (κ1) is 14.2. The van der Waals surface area contributed by atoms with Crippen LogP contribution in [0.4, 0.5) is 0 Å². The third-order valence-electron chi connectivity index (χ3n) is 2.02. The van der Waals surface area contributed by atoms with Crippen LogP contribution in [0.15, 0.2) is 23.1 Å². The molecule has 0 aliphatic heterocycles. The van der Waals surface area contributed by atoms with Crippen LogP contribution in [0.2, 0.25) is 10.0 Å². The van der Waals surface area contributed by atoms with Gasteiger partial charge in [-0.3, -0.25) is 0 Å². The van der Waals surface area contributed by atoms with Crippen LogP contribution in [-0.4, -0.2) is 18.3 Å². The molecular formula is C12H17Cl2NS. The monoisotopic (exact) mass is 277 g/mol. The second-order valence-electron chi connectivity index (χ2n) is 3.89. The molecular weight excluding hydrogens is 261 g/mol. The molecule has 0 aliphatic carbocycles. The second-order valence-corrected chi connectivity index (χ2v) is 5.87. The first-order valence-electron chi connectivity index (χ1n) is 5.41. The smallest absolute Gasteiger partial charge is 0.0542 e. The van der Waals surface area contributed by atoms with Gasteiger partial charge in [0, 0.05) is 16.0 Å². The lowest BCUT2D eigenvalue weighted by molar-refractivity contribution is 0.586. The predicted molar refractivity (Wildman–Crippen MR) is 74.9 cm³/mol. The zero-order valence-corrected chi connectivity index (χ0v) is 11.9. The first-order chi connectivity index (χ1) is 7.59. The van der Waals surface area contributed by atoms with Gasteiger partial charge in [0.15, 0.2) is 0 Å². The topological polar surface area (TPSA) is 12.0 Å². The minimum absolute atomic E-state index is 0.555. The molecule has 0 saturated carbocycles. The van der Waals surface area contributed by atoms with Gasteiger partial charge in [-0.2, -0.15) is 0 Å². The molecule has 16 heavy (non-hydrogen) atoms. The van der Waals surface area contributed by atoms with Crippen LogP contribution in [0, 0.1) is 0 Å². The van der Waals surface area contributed by atoms with Crippen molar-refractivity contribution in [3.63, 3.8) is 0 Å². The van der Waals surface area contributed by atoms with Crippen molar-refractivity contribution in [3.05, 3.63) is 28.2 Å². The number of benzene rings is 1. The quantitative estimate of drug-likeness (QED) is 0.608. The summed E-state index contributed by atoms with van der Waals surface area (Å²) in [6, 6.07) is 6.14. The van der Waals surface area contributed by atoms with Gasteiger partial charge in [-0.25, -0.2) is 0 Å². The minimum Gasteiger partial charge on any atom is -0.315 e. The van der Waals surface area contributed by atoms with Gasteiger partial charge in [-0.1, -0.05) is 37.0 Å². The summed E-state index contributed by atoms with van der Waals surface area (Å²) in [4.78, 5) is 1.07. The number of nitrogens with one attached hydrogen (secondary N) is 1. The Labute approximate surface area is 112 Å². The molecule has 0 radical (unpaired) electrons. The van der Waals surface area contributed by atoms with Crippen LogP contribution >= 0.6 is 35.0 Å². The summed E-state index contributed by atoms with van der Waals surface area (Å²) in [6.07, 6.45) is 1.13. The van der Waals surface area contributed by atoms with Gasteiger partial charge in [0.1, 0.15) is 0 Å². The van der Waals surface area contributed by atoms with E-state index in [4.69, 9.17) is 23.2 Å². The summed E-state index contributed by atoms with van der Waals surface area (Å²) < 4.78 is 0. The van der Waals surface area contributed by atoms with E-state index in [1.54, 1.807) is 11.8 Å². The van der Waals surface area contributed by atoms with Crippen LogP contribution in [0.3, 0.4) is 0 Å². The lowest BCUT2D eigenvalue weighted by Crippen LogP contribution is -2.23. The van der Waals surface area contributed by atoms with Crippen LogP contribution < -0.4 is 5.32 Å². The maximum absolute atomic E-state index is 6.06. The highest BCUT2D eigenvalue weighted by Crippen LogP contribution is 2.29. The zero-order valence-electron chi connectivity index (χ0n) is 9.59. The van der Waals surface area contributed by atoms with Gasteiger partial charge < -0.3 is 5.32 Å². The lowest BCUT2D eigenvalue weighted by atomic mass is 10.4. The van der Waals surface area contributed by atoms with E-state index >= 15 is 0 Å². The van der Waals surface area contributed by atoms with Gasteiger partial charge in [0.05, 0.1) is 5.02 Å². The Morgan fingerprint density at radius 3 is 2.75 bits per heavy atom. The van der Waals surface area contributed by atoms with Crippen molar-refractivity contribution in [1.82, 2.24) is 5.32 Å². The summed E-state index contributed by atoms with van der Waals surface area (Å²) in [5.74, 6) is 1.06. The minimum atomic E-state index is 0.555. The van der Waals surface area contributed by atoms with E-state index in [0.717, 1.165) is 33.7 Å². The highest BCUT2D eigenvalue weighted by atomic mass is 35.5. The molecule has 1 aromatic carbocycles. The highest BCUT2D eigenvalue weighted by Gasteiger charge is 2.01. The standard InChI is InChI=1S/C12H17Cl2NS/c1-9(2)15-6-3-7-16-12-8-10(13)4-5-11(12)14/h4-5,8-9,15H,3,6-7H2,1-2H3. The highest BCUT2D eigenvalue weighted by molar-refractivity contribution is 7.99. The Morgan fingerprint density at radius 2 is 2.06 bits per heavy atom. The second kappa shape index (κ2) is 7.44. The van der Waals surface area contributed by atoms with E-state index in [0.29, 0.717) is 6.04 Å². The number of hydrogen-bond acceptors (Lipinski definition) is 2. The Bertz CT molecular complexity index is 329. The Kier molecular flexibility index (Phi) is 6.59. The maximum Gasteiger partial charge on any atom is 0.0542 e. The molecule has 0 fully saturated rings. The summed E-state index contributed by atoms with van der Waals surface area (Å²) >= 11 is 13.7. The van der Waals surface area contributed by atoms with Crippen molar-refractivity contribution in [2.45, 2.75) is 31.2 Å². The number of thioether (sulfide) groups is 1. The first-order valence-corrected chi connectivity index (χ1v) is 7.15. The van der Waals surface area contributed by atoms with Gasteiger partial charge >= 0.3 is 0 Å². The fraction of sp³-hybridized carbons (Fsp3) is 0.500. The Hall–Kier alpha value is 0.110. The molecule has 1 N–H and O–H groups in total. The average Bonchev–Trinajstić information content (AvgIpc) is 2.22. The van der Waals surface area contributed by atoms with Gasteiger partial charge in [-0.05, 0) is 36.9 Å². The van der Waals surface area contributed by atoms with E-state index in [9.17, 15) is 0 Å². The SMILES string of the molecule is CC(C)NCCCSc1cc(Cl)ccc1Cl. The molecule has 1 nitrogen and oxygen atoms in total. The van der Waals surface area contributed by atoms with Crippen molar-refractivity contribution in [2.75, 3.05) is 12.3 Å². The number of rotatable bonds is 6. The van der Waals surface area contributed by atoms with Crippen LogP contribution in [-0.2, 0) is 0 Å². The van der Waals surface area contributed by atoms with Crippen LogP contribution in [0.1, 0.15) is 20.3 Å². The van der Waals surface area contributed by atoms with Crippen LogP contribution in [0.5, 0.6) is 0 Å². The molecule has 0 saturated heterocycles. The summed E-state index contributed by atoms with van der Waals surface area (Å²) in [5, 5.41) is 4.91. The average molecular weight is 278 g/mol. The zero-order chi connectivity index (χ0) is 12.0. The molecule has 0 heterocycles. The normalized spacial score (nSPS) is 11.1. The fourth-order valence-electron chi connectivity index (χ4n) is 1.23. The molecule has 90 valence electrons. The number of hydrogen-bond donors (Lipinski definition) is 1. The van der Waals surface area contributed by atoms with Crippen molar-refractivity contribution < 1.29 is 0 Å². The molecule has 4 heteroatoms. The molecule has 0 bridgehead atoms. The largest absolute Gasteiger partial charge is 0.315 e. The van der Waals surface area contributed by atoms with Gasteiger partial charge in [0.2, 0.25) is 0 Å². The molecule has 0 amide bonds. The van der Waals surface area contributed by atoms with Crippen molar-refractivity contribution in [1.29, 1.82) is 0 Å². The van der Waals surface area contributed by atoms with Crippen molar-refractivity contribution in [2.24, 2.45) is 0 Å². The van der Waals surface area contributed by atoms with E-state index < -0.39 is 0 Å². The molecule has 0 unspecified atom stereocenters. The van der Waals surface area contributed by atoms with Gasteiger partial charge in [-0.15, -0.1) is 11.8 Å². The van der Waals surface area contributed by atoms with E-state index in [-0.39, 0.29) is 0 Å². The number of halogens is 2. The fourth-order valence-corrected chi connectivity index (χ4v) is 2.68. The molecule has 0 aliphatic rings.